The molecule has 0 aliphatic carbocycles. The van der Waals surface area contributed by atoms with E-state index in [0.717, 1.165) is 11.3 Å². The molecule has 0 aromatic heterocycles. The number of rotatable bonds is 3. The smallest absolute Gasteiger partial charge is 0.124 e. The third-order valence-corrected chi connectivity index (χ3v) is 2.12. The van der Waals surface area contributed by atoms with Gasteiger partial charge in [-0.15, -0.1) is 0 Å². The van der Waals surface area contributed by atoms with E-state index in [9.17, 15) is 0 Å². The van der Waals surface area contributed by atoms with Crippen LogP contribution in [-0.4, -0.2) is 6.61 Å². The molecule has 76 valence electrons. The van der Waals surface area contributed by atoms with Gasteiger partial charge in [-0.05, 0) is 44.5 Å². The van der Waals surface area contributed by atoms with Crippen molar-refractivity contribution in [1.82, 2.24) is 0 Å². The maximum absolute atomic E-state index is 5.86. The monoisotopic (exact) mass is 210 g/mol. The van der Waals surface area contributed by atoms with Gasteiger partial charge in [0, 0.05) is 5.02 Å². The molecule has 1 rings (SSSR count). The molecule has 0 amide bonds. The summed E-state index contributed by atoms with van der Waals surface area (Å²) in [6.45, 7) is 6.71. The maximum Gasteiger partial charge on any atom is 0.124 e. The molecule has 0 saturated carbocycles. The van der Waals surface area contributed by atoms with Crippen molar-refractivity contribution in [2.75, 3.05) is 6.61 Å². The van der Waals surface area contributed by atoms with Gasteiger partial charge in [0.1, 0.15) is 12.4 Å². The van der Waals surface area contributed by atoms with Crippen LogP contribution in [0.2, 0.25) is 5.02 Å². The summed E-state index contributed by atoms with van der Waals surface area (Å²) >= 11 is 5.86. The number of benzene rings is 1. The number of ether oxygens (including phenoxy) is 1. The second-order valence-electron chi connectivity index (χ2n) is 3.50. The molecule has 0 atom stereocenters. The lowest BCUT2D eigenvalue weighted by molar-refractivity contribution is 0.359. The van der Waals surface area contributed by atoms with E-state index in [1.165, 1.54) is 5.57 Å². The highest BCUT2D eigenvalue weighted by molar-refractivity contribution is 6.30. The van der Waals surface area contributed by atoms with Gasteiger partial charge in [0.25, 0.3) is 0 Å². The van der Waals surface area contributed by atoms with Crippen molar-refractivity contribution in [2.45, 2.75) is 20.8 Å². The Morgan fingerprint density at radius 1 is 1.43 bits per heavy atom. The van der Waals surface area contributed by atoms with E-state index >= 15 is 0 Å². The minimum Gasteiger partial charge on any atom is -0.489 e. The Labute approximate surface area is 90.3 Å². The molecule has 0 N–H and O–H groups in total. The summed E-state index contributed by atoms with van der Waals surface area (Å²) in [7, 11) is 0. The standard InChI is InChI=1S/C12H15ClO/c1-9(2)6-7-14-12-8-11(13)5-4-10(12)3/h4-6,8H,7H2,1-3H3. The van der Waals surface area contributed by atoms with E-state index in [1.807, 2.05) is 45.0 Å². The van der Waals surface area contributed by atoms with E-state index in [4.69, 9.17) is 16.3 Å². The minimum atomic E-state index is 0.601. The van der Waals surface area contributed by atoms with Crippen molar-refractivity contribution in [3.63, 3.8) is 0 Å². The zero-order chi connectivity index (χ0) is 10.6. The summed E-state index contributed by atoms with van der Waals surface area (Å²) in [5, 5.41) is 0.711. The molecule has 0 aliphatic rings. The molecule has 0 heterocycles. The lowest BCUT2D eigenvalue weighted by atomic mass is 10.2. The van der Waals surface area contributed by atoms with Crippen molar-refractivity contribution in [3.8, 4) is 5.75 Å². The topological polar surface area (TPSA) is 9.23 Å². The number of allylic oxidation sites excluding steroid dienone is 1. The lowest BCUT2D eigenvalue weighted by Crippen LogP contribution is -1.95. The van der Waals surface area contributed by atoms with Crippen molar-refractivity contribution in [3.05, 3.63) is 40.4 Å². The zero-order valence-corrected chi connectivity index (χ0v) is 9.56. The molecule has 0 fully saturated rings. The average Bonchev–Trinajstić information content (AvgIpc) is 2.10. The first-order chi connectivity index (χ1) is 6.59. The SMILES string of the molecule is CC(C)=CCOc1cc(Cl)ccc1C. The fraction of sp³-hybridized carbons (Fsp3) is 0.333. The first-order valence-corrected chi connectivity index (χ1v) is 4.99. The summed E-state index contributed by atoms with van der Waals surface area (Å²) in [4.78, 5) is 0. The molecular weight excluding hydrogens is 196 g/mol. The second-order valence-corrected chi connectivity index (χ2v) is 3.94. The molecule has 2 heteroatoms. The van der Waals surface area contributed by atoms with Crippen LogP contribution in [0.25, 0.3) is 0 Å². The summed E-state index contributed by atoms with van der Waals surface area (Å²) in [5.41, 5.74) is 2.36. The summed E-state index contributed by atoms with van der Waals surface area (Å²) < 4.78 is 5.57. The third kappa shape index (κ3) is 3.43. The van der Waals surface area contributed by atoms with Crippen molar-refractivity contribution >= 4 is 11.6 Å². The molecule has 0 saturated heterocycles. The number of halogens is 1. The largest absolute Gasteiger partial charge is 0.489 e. The molecule has 1 aromatic rings. The predicted octanol–water partition coefficient (Wildman–Crippen LogP) is 3.99. The lowest BCUT2D eigenvalue weighted by Gasteiger charge is -2.07. The van der Waals surface area contributed by atoms with Gasteiger partial charge in [0.2, 0.25) is 0 Å². The second kappa shape index (κ2) is 5.06. The molecule has 1 nitrogen and oxygen atoms in total. The first-order valence-electron chi connectivity index (χ1n) is 4.62. The van der Waals surface area contributed by atoms with Gasteiger partial charge in [-0.3, -0.25) is 0 Å². The van der Waals surface area contributed by atoms with Crippen LogP contribution in [0.1, 0.15) is 19.4 Å². The van der Waals surface area contributed by atoms with E-state index in [2.05, 4.69) is 0 Å². The van der Waals surface area contributed by atoms with E-state index in [-0.39, 0.29) is 0 Å². The van der Waals surface area contributed by atoms with Crippen LogP contribution in [0.5, 0.6) is 5.75 Å². The molecule has 0 radical (unpaired) electrons. The molecule has 0 spiro atoms. The minimum absolute atomic E-state index is 0.601. The number of hydrogen-bond donors (Lipinski definition) is 0. The molecular formula is C12H15ClO. The Kier molecular flexibility index (Phi) is 4.02. The highest BCUT2D eigenvalue weighted by atomic mass is 35.5. The number of hydrogen-bond acceptors (Lipinski definition) is 1. The van der Waals surface area contributed by atoms with Gasteiger partial charge in [0.15, 0.2) is 0 Å². The van der Waals surface area contributed by atoms with E-state index in [0.29, 0.717) is 11.6 Å². The van der Waals surface area contributed by atoms with Crippen LogP contribution in [-0.2, 0) is 0 Å². The van der Waals surface area contributed by atoms with Crippen LogP contribution >= 0.6 is 11.6 Å². The summed E-state index contributed by atoms with van der Waals surface area (Å²) in [6, 6.07) is 5.67. The predicted molar refractivity (Wildman–Crippen MR) is 61.1 cm³/mol. The Balaban J connectivity index is 2.67. The Hall–Kier alpha value is -0.950. The third-order valence-electron chi connectivity index (χ3n) is 1.88. The van der Waals surface area contributed by atoms with Gasteiger partial charge in [-0.1, -0.05) is 23.2 Å². The maximum atomic E-state index is 5.86. The molecule has 0 unspecified atom stereocenters. The molecule has 1 aromatic carbocycles. The van der Waals surface area contributed by atoms with Gasteiger partial charge >= 0.3 is 0 Å². The average molecular weight is 211 g/mol. The fourth-order valence-electron chi connectivity index (χ4n) is 1.03. The first kappa shape index (κ1) is 11.1. The van der Waals surface area contributed by atoms with E-state index in [1.54, 1.807) is 0 Å². The van der Waals surface area contributed by atoms with Crippen molar-refractivity contribution in [1.29, 1.82) is 0 Å². The molecule has 0 aliphatic heterocycles. The summed E-state index contributed by atoms with van der Waals surface area (Å²) in [6.07, 6.45) is 2.04. The van der Waals surface area contributed by atoms with Crippen LogP contribution < -0.4 is 4.74 Å². The summed E-state index contributed by atoms with van der Waals surface area (Å²) in [5.74, 6) is 0.856. The van der Waals surface area contributed by atoms with Crippen molar-refractivity contribution in [2.24, 2.45) is 0 Å². The Morgan fingerprint density at radius 3 is 2.79 bits per heavy atom. The van der Waals surface area contributed by atoms with Crippen molar-refractivity contribution < 1.29 is 4.74 Å². The zero-order valence-electron chi connectivity index (χ0n) is 8.80. The highest BCUT2D eigenvalue weighted by Gasteiger charge is 1.98. The Bertz CT molecular complexity index is 338. The highest BCUT2D eigenvalue weighted by Crippen LogP contribution is 2.22. The van der Waals surface area contributed by atoms with Gasteiger partial charge in [-0.25, -0.2) is 0 Å². The normalized spacial score (nSPS) is 9.71. The van der Waals surface area contributed by atoms with Crippen LogP contribution in [0.3, 0.4) is 0 Å². The van der Waals surface area contributed by atoms with Crippen LogP contribution in [0, 0.1) is 6.92 Å². The number of aryl methyl sites for hydroxylation is 1. The van der Waals surface area contributed by atoms with Gasteiger partial charge in [0.05, 0.1) is 0 Å². The van der Waals surface area contributed by atoms with E-state index < -0.39 is 0 Å². The van der Waals surface area contributed by atoms with Crippen LogP contribution in [0.15, 0.2) is 29.8 Å². The van der Waals surface area contributed by atoms with Gasteiger partial charge < -0.3 is 4.74 Å². The Morgan fingerprint density at radius 2 is 2.14 bits per heavy atom. The fourth-order valence-corrected chi connectivity index (χ4v) is 1.19. The molecule has 14 heavy (non-hydrogen) atoms. The quantitative estimate of drug-likeness (QED) is 0.686. The van der Waals surface area contributed by atoms with Gasteiger partial charge in [-0.2, -0.15) is 0 Å². The van der Waals surface area contributed by atoms with Crippen LogP contribution in [0.4, 0.5) is 0 Å². The molecule has 0 bridgehead atoms.